The van der Waals surface area contributed by atoms with E-state index in [1.165, 1.54) is 0 Å². The van der Waals surface area contributed by atoms with Crippen LogP contribution >= 0.6 is 23.2 Å². The largest absolute Gasteiger partial charge is 0.482 e. The predicted molar refractivity (Wildman–Crippen MR) is 126 cm³/mol. The van der Waals surface area contributed by atoms with Crippen LogP contribution in [0.5, 0.6) is 5.75 Å². The van der Waals surface area contributed by atoms with Gasteiger partial charge in [0.05, 0.1) is 5.02 Å². The van der Waals surface area contributed by atoms with Crippen molar-refractivity contribution < 1.29 is 14.3 Å². The Morgan fingerprint density at radius 1 is 1.10 bits per heavy atom. The van der Waals surface area contributed by atoms with Crippen LogP contribution in [0.2, 0.25) is 10.0 Å². The highest BCUT2D eigenvalue weighted by Crippen LogP contribution is 2.27. The Balaban J connectivity index is 2.23. The molecule has 0 unspecified atom stereocenters. The zero-order chi connectivity index (χ0) is 23.0. The minimum Gasteiger partial charge on any atom is -0.482 e. The lowest BCUT2D eigenvalue weighted by Gasteiger charge is -2.31. The van der Waals surface area contributed by atoms with Crippen molar-refractivity contribution in [2.24, 2.45) is 0 Å². The van der Waals surface area contributed by atoms with Gasteiger partial charge < -0.3 is 15.0 Å². The van der Waals surface area contributed by atoms with Gasteiger partial charge in [-0.1, -0.05) is 66.9 Å². The van der Waals surface area contributed by atoms with Crippen molar-refractivity contribution in [3.8, 4) is 5.75 Å². The summed E-state index contributed by atoms with van der Waals surface area (Å²) < 4.78 is 5.66. The topological polar surface area (TPSA) is 58.6 Å². The van der Waals surface area contributed by atoms with Gasteiger partial charge in [-0.2, -0.15) is 0 Å². The molecule has 2 rings (SSSR count). The molecular formula is C24H30Cl2N2O3. The van der Waals surface area contributed by atoms with Crippen LogP contribution in [0.3, 0.4) is 0 Å². The summed E-state index contributed by atoms with van der Waals surface area (Å²) in [5.74, 6) is -0.0897. The van der Waals surface area contributed by atoms with Gasteiger partial charge in [0.1, 0.15) is 11.8 Å². The molecule has 0 saturated carbocycles. The minimum atomic E-state index is -0.605. The molecular weight excluding hydrogens is 435 g/mol. The molecule has 0 fully saturated rings. The van der Waals surface area contributed by atoms with E-state index in [-0.39, 0.29) is 24.5 Å². The normalized spacial score (nSPS) is 12.7. The van der Waals surface area contributed by atoms with Crippen molar-refractivity contribution in [2.45, 2.75) is 59.2 Å². The molecule has 7 heteroatoms. The molecule has 0 saturated heterocycles. The Morgan fingerprint density at radius 3 is 2.45 bits per heavy atom. The lowest BCUT2D eigenvalue weighted by molar-refractivity contribution is -0.143. The van der Waals surface area contributed by atoms with Crippen LogP contribution in [0.4, 0.5) is 0 Å². The molecule has 2 atom stereocenters. The van der Waals surface area contributed by atoms with E-state index in [0.29, 0.717) is 28.8 Å². The second kappa shape index (κ2) is 12.0. The summed E-state index contributed by atoms with van der Waals surface area (Å²) in [6.45, 7) is 7.92. The molecule has 0 aromatic heterocycles. The van der Waals surface area contributed by atoms with Crippen LogP contribution in [0.25, 0.3) is 0 Å². The average Bonchev–Trinajstić information content (AvgIpc) is 2.72. The van der Waals surface area contributed by atoms with Gasteiger partial charge in [0.25, 0.3) is 5.91 Å². The van der Waals surface area contributed by atoms with E-state index in [2.05, 4.69) is 5.32 Å². The average molecular weight is 465 g/mol. The van der Waals surface area contributed by atoms with Crippen LogP contribution in [0.15, 0.2) is 42.5 Å². The Bertz CT molecular complexity index is 904. The third kappa shape index (κ3) is 7.44. The lowest BCUT2D eigenvalue weighted by atomic mass is 10.1. The maximum atomic E-state index is 13.2. The molecule has 5 nitrogen and oxygen atoms in total. The molecule has 2 amide bonds. The van der Waals surface area contributed by atoms with Crippen LogP contribution in [-0.4, -0.2) is 35.4 Å². The predicted octanol–water partition coefficient (Wildman–Crippen LogP) is 5.40. The van der Waals surface area contributed by atoms with Crippen LogP contribution < -0.4 is 10.1 Å². The fourth-order valence-electron chi connectivity index (χ4n) is 3.18. The van der Waals surface area contributed by atoms with Gasteiger partial charge in [-0.15, -0.1) is 0 Å². The molecule has 0 aliphatic rings. The molecule has 0 bridgehead atoms. The van der Waals surface area contributed by atoms with E-state index in [0.717, 1.165) is 17.5 Å². The first-order valence-electron chi connectivity index (χ1n) is 10.5. The van der Waals surface area contributed by atoms with Gasteiger partial charge in [-0.05, 0) is 50.5 Å². The standard InChI is InChI=1S/C24H30Cl2N2O3/c1-5-17(4)27-24(30)21(6-2)28(14-18-9-7-8-16(3)12-18)23(29)15-31-22-11-10-19(25)13-20(22)26/h7-13,17,21H,5-6,14-15H2,1-4H3,(H,27,30)/t17-,21+/m0/s1. The number of benzene rings is 2. The molecule has 168 valence electrons. The molecule has 0 heterocycles. The van der Waals surface area contributed by atoms with Crippen molar-refractivity contribution in [1.82, 2.24) is 10.2 Å². The van der Waals surface area contributed by atoms with E-state index >= 15 is 0 Å². The van der Waals surface area contributed by atoms with E-state index in [1.807, 2.05) is 52.0 Å². The lowest BCUT2D eigenvalue weighted by Crippen LogP contribution is -2.51. The molecule has 1 N–H and O–H groups in total. The van der Waals surface area contributed by atoms with Crippen LogP contribution in [0, 0.1) is 6.92 Å². The first-order valence-corrected chi connectivity index (χ1v) is 11.2. The number of nitrogens with one attached hydrogen (secondary N) is 1. The van der Waals surface area contributed by atoms with Gasteiger partial charge in [-0.25, -0.2) is 0 Å². The fraction of sp³-hybridized carbons (Fsp3) is 0.417. The number of hydrogen-bond acceptors (Lipinski definition) is 3. The number of halogens is 2. The van der Waals surface area contributed by atoms with Crippen molar-refractivity contribution in [1.29, 1.82) is 0 Å². The third-order valence-corrected chi connectivity index (χ3v) is 5.60. The summed E-state index contributed by atoms with van der Waals surface area (Å²) >= 11 is 12.1. The Hall–Kier alpha value is -2.24. The second-order valence-corrected chi connectivity index (χ2v) is 8.46. The molecule has 31 heavy (non-hydrogen) atoms. The van der Waals surface area contributed by atoms with Gasteiger partial charge in [0, 0.05) is 17.6 Å². The van der Waals surface area contributed by atoms with E-state index in [4.69, 9.17) is 27.9 Å². The summed E-state index contributed by atoms with van der Waals surface area (Å²) in [7, 11) is 0. The second-order valence-electron chi connectivity index (χ2n) is 7.62. The quantitative estimate of drug-likeness (QED) is 0.511. The Kier molecular flexibility index (Phi) is 9.66. The van der Waals surface area contributed by atoms with E-state index in [9.17, 15) is 9.59 Å². The number of ether oxygens (including phenoxy) is 1. The molecule has 0 aliphatic heterocycles. The van der Waals surface area contributed by atoms with Gasteiger partial charge >= 0.3 is 0 Å². The highest BCUT2D eigenvalue weighted by molar-refractivity contribution is 6.35. The van der Waals surface area contributed by atoms with Gasteiger partial charge in [0.15, 0.2) is 6.61 Å². The van der Waals surface area contributed by atoms with Gasteiger partial charge in [0.2, 0.25) is 5.91 Å². The summed E-state index contributed by atoms with van der Waals surface area (Å²) in [6, 6.07) is 12.1. The maximum Gasteiger partial charge on any atom is 0.261 e. The summed E-state index contributed by atoms with van der Waals surface area (Å²) in [5.41, 5.74) is 2.04. The summed E-state index contributed by atoms with van der Waals surface area (Å²) in [4.78, 5) is 27.7. The van der Waals surface area contributed by atoms with Crippen molar-refractivity contribution in [3.63, 3.8) is 0 Å². The highest BCUT2D eigenvalue weighted by atomic mass is 35.5. The number of rotatable bonds is 10. The molecule has 0 aliphatic carbocycles. The zero-order valence-corrected chi connectivity index (χ0v) is 20.0. The Morgan fingerprint density at radius 2 is 1.84 bits per heavy atom. The number of hydrogen-bond donors (Lipinski definition) is 1. The molecule has 0 spiro atoms. The minimum absolute atomic E-state index is 0.0293. The number of aryl methyl sites for hydroxylation is 1. The smallest absolute Gasteiger partial charge is 0.261 e. The van der Waals surface area contributed by atoms with E-state index < -0.39 is 6.04 Å². The maximum absolute atomic E-state index is 13.2. The van der Waals surface area contributed by atoms with Gasteiger partial charge in [-0.3, -0.25) is 9.59 Å². The molecule has 2 aromatic rings. The number of amides is 2. The first kappa shape index (κ1) is 25.0. The highest BCUT2D eigenvalue weighted by Gasteiger charge is 2.29. The SMILES string of the molecule is CC[C@H](C(=O)N[C@@H](C)CC)N(Cc1cccc(C)c1)C(=O)COc1ccc(Cl)cc1Cl. The van der Waals surface area contributed by atoms with E-state index in [1.54, 1.807) is 23.1 Å². The zero-order valence-electron chi connectivity index (χ0n) is 18.5. The number of nitrogens with zero attached hydrogens (tertiary/aromatic N) is 1. The van der Waals surface area contributed by atoms with Crippen LogP contribution in [-0.2, 0) is 16.1 Å². The van der Waals surface area contributed by atoms with Crippen molar-refractivity contribution in [2.75, 3.05) is 6.61 Å². The molecule has 2 aromatic carbocycles. The monoisotopic (exact) mass is 464 g/mol. The first-order chi connectivity index (χ1) is 14.7. The van der Waals surface area contributed by atoms with Crippen molar-refractivity contribution >= 4 is 35.0 Å². The fourth-order valence-corrected chi connectivity index (χ4v) is 3.65. The molecule has 0 radical (unpaired) electrons. The Labute approximate surface area is 194 Å². The summed E-state index contributed by atoms with van der Waals surface area (Å²) in [5, 5.41) is 3.80. The summed E-state index contributed by atoms with van der Waals surface area (Å²) in [6.07, 6.45) is 1.30. The number of carbonyl (C=O) groups is 2. The van der Waals surface area contributed by atoms with Crippen LogP contribution in [0.1, 0.15) is 44.7 Å². The number of carbonyl (C=O) groups excluding carboxylic acids is 2. The van der Waals surface area contributed by atoms with Crippen molar-refractivity contribution in [3.05, 3.63) is 63.6 Å². The third-order valence-electron chi connectivity index (χ3n) is 5.07.